The van der Waals surface area contributed by atoms with Gasteiger partial charge in [-0.05, 0) is 19.4 Å². The summed E-state index contributed by atoms with van der Waals surface area (Å²) < 4.78 is 37.8. The molecule has 0 aliphatic carbocycles. The molecule has 2 N–H and O–H groups in total. The topological polar surface area (TPSA) is 82.6 Å². The van der Waals surface area contributed by atoms with Crippen LogP contribution in [0.5, 0.6) is 0 Å². The number of halogens is 3. The van der Waals surface area contributed by atoms with Crippen molar-refractivity contribution >= 4 is 11.6 Å². The number of carbonyl (C=O) groups excluding carboxylic acids is 1. The van der Waals surface area contributed by atoms with Gasteiger partial charge in [0.05, 0.1) is 12.7 Å². The molecule has 0 bridgehead atoms. The number of alkyl halides is 3. The molecule has 0 unspecified atom stereocenters. The number of hydrogen-bond donors (Lipinski definition) is 2. The van der Waals surface area contributed by atoms with E-state index >= 15 is 0 Å². The van der Waals surface area contributed by atoms with Gasteiger partial charge in [0.25, 0.3) is 5.91 Å². The lowest BCUT2D eigenvalue weighted by molar-refractivity contribution is -0.141. The maximum Gasteiger partial charge on any atom is 0.432 e. The van der Waals surface area contributed by atoms with Crippen LogP contribution >= 0.6 is 0 Å². The third-order valence-electron chi connectivity index (χ3n) is 4.25. The quantitative estimate of drug-likeness (QED) is 0.865. The number of nitrogens with one attached hydrogen (secondary N) is 2. The van der Waals surface area contributed by atoms with E-state index in [4.69, 9.17) is 4.84 Å². The minimum absolute atomic E-state index is 0.254. The van der Waals surface area contributed by atoms with Crippen molar-refractivity contribution in [3.05, 3.63) is 17.7 Å². The third-order valence-corrected chi connectivity index (χ3v) is 4.25. The van der Waals surface area contributed by atoms with Crippen LogP contribution in [0.1, 0.15) is 30.8 Å². The summed E-state index contributed by atoms with van der Waals surface area (Å²) in [5.74, 6) is -0.0188. The van der Waals surface area contributed by atoms with Crippen molar-refractivity contribution in [1.29, 1.82) is 0 Å². The Labute approximate surface area is 136 Å². The minimum atomic E-state index is -4.43. The normalized spacial score (nSPS) is 24.8. The van der Waals surface area contributed by atoms with Crippen molar-refractivity contribution in [1.82, 2.24) is 20.2 Å². The van der Waals surface area contributed by atoms with Crippen molar-refractivity contribution < 1.29 is 22.8 Å². The van der Waals surface area contributed by atoms with Gasteiger partial charge in [0.1, 0.15) is 17.2 Å². The van der Waals surface area contributed by atoms with Crippen LogP contribution in [0.25, 0.3) is 0 Å². The number of hydrogen-bond acceptors (Lipinski definition) is 5. The van der Waals surface area contributed by atoms with E-state index in [1.807, 2.05) is 4.90 Å². The van der Waals surface area contributed by atoms with Gasteiger partial charge in [-0.2, -0.15) is 13.2 Å². The van der Waals surface area contributed by atoms with Crippen molar-refractivity contribution in [3.8, 4) is 0 Å². The Morgan fingerprint density at radius 2 is 2.33 bits per heavy atom. The summed E-state index contributed by atoms with van der Waals surface area (Å²) in [6, 6.07) is 0. The monoisotopic (exact) mass is 345 g/mol. The van der Waals surface area contributed by atoms with Crippen molar-refractivity contribution in [2.45, 2.75) is 37.6 Å². The van der Waals surface area contributed by atoms with Gasteiger partial charge in [0.15, 0.2) is 5.60 Å². The molecule has 7 nitrogen and oxygen atoms in total. The molecule has 1 aromatic heterocycles. The summed E-state index contributed by atoms with van der Waals surface area (Å²) in [7, 11) is 1.53. The number of aromatic amines is 1. The zero-order valence-electron chi connectivity index (χ0n) is 13.1. The molecule has 1 fully saturated rings. The molecule has 10 heteroatoms. The van der Waals surface area contributed by atoms with Gasteiger partial charge >= 0.3 is 6.18 Å². The number of carbonyl (C=O) groups is 1. The van der Waals surface area contributed by atoms with Crippen molar-refractivity contribution in [2.75, 3.05) is 20.1 Å². The zero-order chi connectivity index (χ0) is 17.4. The Balaban J connectivity index is 1.63. The average molecular weight is 345 g/mol. The van der Waals surface area contributed by atoms with Gasteiger partial charge in [0, 0.05) is 20.0 Å². The highest BCUT2D eigenvalue weighted by molar-refractivity contribution is 6.39. The molecular weight excluding hydrogens is 327 g/mol. The van der Waals surface area contributed by atoms with Gasteiger partial charge in [-0.3, -0.25) is 9.69 Å². The second-order valence-electron chi connectivity index (χ2n) is 6.12. The zero-order valence-corrected chi connectivity index (χ0v) is 13.1. The minimum Gasteiger partial charge on any atom is -0.387 e. The largest absolute Gasteiger partial charge is 0.432 e. The molecule has 0 saturated carbocycles. The molecule has 2 aliphatic rings. The molecule has 2 aliphatic heterocycles. The first-order valence-electron chi connectivity index (χ1n) is 7.62. The molecule has 1 spiro atoms. The van der Waals surface area contributed by atoms with Crippen LogP contribution in [0, 0.1) is 0 Å². The molecule has 24 heavy (non-hydrogen) atoms. The summed E-state index contributed by atoms with van der Waals surface area (Å²) in [6.45, 7) is 1.47. The van der Waals surface area contributed by atoms with E-state index in [1.54, 1.807) is 0 Å². The number of piperidine rings is 1. The Morgan fingerprint density at radius 3 is 3.00 bits per heavy atom. The van der Waals surface area contributed by atoms with E-state index in [-0.39, 0.29) is 18.3 Å². The number of imidazole rings is 1. The smallest absolute Gasteiger partial charge is 0.387 e. The van der Waals surface area contributed by atoms with Crippen LogP contribution in [0.4, 0.5) is 13.2 Å². The summed E-state index contributed by atoms with van der Waals surface area (Å²) in [6.07, 6.45) is -1.68. The third kappa shape index (κ3) is 3.37. The number of oxime groups is 1. The molecular formula is C14H18F3N5O2. The van der Waals surface area contributed by atoms with Crippen molar-refractivity contribution in [3.63, 3.8) is 0 Å². The lowest BCUT2D eigenvalue weighted by Gasteiger charge is -2.37. The molecule has 1 aromatic rings. The van der Waals surface area contributed by atoms with Gasteiger partial charge in [-0.15, -0.1) is 0 Å². The lowest BCUT2D eigenvalue weighted by atomic mass is 9.88. The first-order chi connectivity index (χ1) is 11.3. The predicted octanol–water partition coefficient (Wildman–Crippen LogP) is 1.29. The molecule has 1 amide bonds. The number of H-pyrrole nitrogens is 1. The summed E-state index contributed by atoms with van der Waals surface area (Å²) in [5.41, 5.74) is -1.09. The summed E-state index contributed by atoms with van der Waals surface area (Å²) >= 11 is 0. The highest BCUT2D eigenvalue weighted by Gasteiger charge is 2.44. The van der Waals surface area contributed by atoms with Gasteiger partial charge < -0.3 is 15.1 Å². The molecule has 3 heterocycles. The Hall–Kier alpha value is -2.10. The maximum atomic E-state index is 12.6. The Bertz CT molecular complexity index is 657. The molecule has 3 rings (SSSR count). The van der Waals surface area contributed by atoms with Crippen LogP contribution in [-0.4, -0.2) is 52.2 Å². The van der Waals surface area contributed by atoms with E-state index in [9.17, 15) is 18.0 Å². The van der Waals surface area contributed by atoms with Crippen LogP contribution < -0.4 is 5.32 Å². The van der Waals surface area contributed by atoms with E-state index in [0.717, 1.165) is 25.6 Å². The number of aromatic nitrogens is 2. The number of rotatable bonds is 3. The highest BCUT2D eigenvalue weighted by Crippen LogP contribution is 2.34. The van der Waals surface area contributed by atoms with E-state index in [2.05, 4.69) is 20.4 Å². The first kappa shape index (κ1) is 16.7. The van der Waals surface area contributed by atoms with Crippen LogP contribution in [-0.2, 0) is 22.4 Å². The molecule has 132 valence electrons. The fourth-order valence-electron chi connectivity index (χ4n) is 3.13. The van der Waals surface area contributed by atoms with Crippen LogP contribution in [0.15, 0.2) is 11.4 Å². The van der Waals surface area contributed by atoms with E-state index in [1.165, 1.54) is 7.05 Å². The fraction of sp³-hybridized carbons (Fsp3) is 0.643. The van der Waals surface area contributed by atoms with Crippen LogP contribution in [0.2, 0.25) is 0 Å². The van der Waals surface area contributed by atoms with Gasteiger partial charge in [0.2, 0.25) is 0 Å². The Kier molecular flexibility index (Phi) is 4.24. The predicted molar refractivity (Wildman–Crippen MR) is 78.0 cm³/mol. The van der Waals surface area contributed by atoms with Crippen LogP contribution in [0.3, 0.4) is 0 Å². The standard InChI is InChI=1S/C14H18F3N5O2/c1-18-12(23)9-5-13(24-21-9)3-2-4-22(8-13)7-11-19-6-10(20-11)14(15,16)17/h6H,2-5,7-8H2,1H3,(H,18,23)(H,19,20)/t13-/m1/s1. The van der Waals surface area contributed by atoms with Gasteiger partial charge in [-0.1, -0.05) is 5.16 Å². The maximum absolute atomic E-state index is 12.6. The summed E-state index contributed by atoms with van der Waals surface area (Å²) in [5, 5.41) is 6.38. The lowest BCUT2D eigenvalue weighted by Crippen LogP contribution is -2.48. The first-order valence-corrected chi connectivity index (χ1v) is 7.62. The molecule has 0 radical (unpaired) electrons. The summed E-state index contributed by atoms with van der Waals surface area (Å²) in [4.78, 5) is 25.2. The fourth-order valence-corrected chi connectivity index (χ4v) is 3.13. The molecule has 1 saturated heterocycles. The van der Waals surface area contributed by atoms with E-state index in [0.29, 0.717) is 18.7 Å². The molecule has 0 aromatic carbocycles. The number of nitrogens with zero attached hydrogens (tertiary/aromatic N) is 3. The van der Waals surface area contributed by atoms with Gasteiger partial charge in [-0.25, -0.2) is 4.98 Å². The number of likely N-dealkylation sites (tertiary alicyclic amines) is 1. The Morgan fingerprint density at radius 1 is 1.54 bits per heavy atom. The number of amides is 1. The average Bonchev–Trinajstić information content (AvgIpc) is 3.14. The molecule has 1 atom stereocenters. The second-order valence-corrected chi connectivity index (χ2v) is 6.12. The highest BCUT2D eigenvalue weighted by atomic mass is 19.4. The van der Waals surface area contributed by atoms with Crippen molar-refractivity contribution in [2.24, 2.45) is 5.16 Å². The second kappa shape index (κ2) is 6.08. The SMILES string of the molecule is CNC(=O)C1=NO[C@]2(CCCN(Cc3ncc(C(F)(F)F)[nH]3)C2)C1. The van der Waals surface area contributed by atoms with E-state index < -0.39 is 17.5 Å².